The first kappa shape index (κ1) is 18.0. The third-order valence-corrected chi connectivity index (χ3v) is 7.45. The van der Waals surface area contributed by atoms with Gasteiger partial charge in [0.05, 0.1) is 0 Å². The summed E-state index contributed by atoms with van der Waals surface area (Å²) in [4.78, 5) is 0. The van der Waals surface area contributed by atoms with Gasteiger partial charge >= 0.3 is 0 Å². The number of fused-ring (bicyclic) bond motifs is 4. The second-order valence-electron chi connectivity index (χ2n) is 9.18. The number of hydrogen-bond donors (Lipinski definition) is 0. The number of rotatable bonds is 0. The van der Waals surface area contributed by atoms with E-state index in [4.69, 9.17) is 0 Å². The molecule has 0 saturated carbocycles. The highest BCUT2D eigenvalue weighted by molar-refractivity contribution is 6.05. The molecule has 6 aromatic carbocycles. The summed E-state index contributed by atoms with van der Waals surface area (Å²) in [6, 6.07) is 35.5. The largest absolute Gasteiger partial charge is 0.0616 e. The molecular weight excluding hydrogens is 384 g/mol. The molecule has 0 amide bonds. The minimum atomic E-state index is 1.21. The van der Waals surface area contributed by atoms with Crippen LogP contribution in [0.5, 0.6) is 0 Å². The molecule has 0 radical (unpaired) electrons. The highest BCUT2D eigenvalue weighted by Crippen LogP contribution is 2.37. The van der Waals surface area contributed by atoms with E-state index in [0.717, 1.165) is 0 Å². The van der Waals surface area contributed by atoms with Gasteiger partial charge in [-0.3, -0.25) is 0 Å². The smallest absolute Gasteiger partial charge is 0.0113 e. The summed E-state index contributed by atoms with van der Waals surface area (Å²) in [7, 11) is 0. The van der Waals surface area contributed by atoms with Gasteiger partial charge in [-0.15, -0.1) is 0 Å². The van der Waals surface area contributed by atoms with E-state index in [-0.39, 0.29) is 0 Å². The van der Waals surface area contributed by atoms with Crippen molar-refractivity contribution >= 4 is 43.1 Å². The Bertz CT molecular complexity index is 1540. The first-order valence-corrected chi connectivity index (χ1v) is 11.7. The number of hydrogen-bond acceptors (Lipinski definition) is 0. The summed E-state index contributed by atoms with van der Waals surface area (Å²) in [5.41, 5.74) is 6.17. The molecular formula is C32H24. The van der Waals surface area contributed by atoms with Gasteiger partial charge in [0.25, 0.3) is 0 Å². The monoisotopic (exact) mass is 408 g/mol. The zero-order valence-corrected chi connectivity index (χ0v) is 18.1. The van der Waals surface area contributed by atoms with E-state index >= 15 is 0 Å². The van der Waals surface area contributed by atoms with Crippen molar-refractivity contribution in [2.24, 2.45) is 0 Å². The molecule has 0 bridgehead atoms. The van der Waals surface area contributed by atoms with Crippen molar-refractivity contribution in [3.05, 3.63) is 119 Å². The summed E-state index contributed by atoms with van der Waals surface area (Å²) in [6.45, 7) is 0. The van der Waals surface area contributed by atoms with Gasteiger partial charge < -0.3 is 0 Å². The van der Waals surface area contributed by atoms with Crippen LogP contribution in [-0.2, 0) is 25.7 Å². The highest BCUT2D eigenvalue weighted by Gasteiger charge is 2.17. The standard InChI is InChI=1S/2C16H12/c2*1-2-7-14-12(4-1)10-13-6-3-5-11-8-9-15(14)16(11)13/h2*1-7,10H,8-9H2. The third kappa shape index (κ3) is 2.63. The van der Waals surface area contributed by atoms with Crippen LogP contribution in [0.3, 0.4) is 0 Å². The minimum absolute atomic E-state index is 1.21. The molecule has 8 rings (SSSR count). The molecule has 2 aliphatic carbocycles. The van der Waals surface area contributed by atoms with E-state index in [9.17, 15) is 0 Å². The Kier molecular flexibility index (Phi) is 3.90. The van der Waals surface area contributed by atoms with E-state index in [1.54, 1.807) is 11.1 Å². The van der Waals surface area contributed by atoms with Crippen molar-refractivity contribution in [3.63, 3.8) is 0 Å². The lowest BCUT2D eigenvalue weighted by molar-refractivity contribution is 1.03. The molecule has 0 fully saturated rings. The zero-order chi connectivity index (χ0) is 21.1. The number of benzene rings is 6. The molecule has 0 aliphatic heterocycles. The maximum Gasteiger partial charge on any atom is -0.0113 e. The van der Waals surface area contributed by atoms with Gasteiger partial charge in [-0.2, -0.15) is 0 Å². The fourth-order valence-corrected chi connectivity index (χ4v) is 6.07. The highest BCUT2D eigenvalue weighted by atomic mass is 14.2. The minimum Gasteiger partial charge on any atom is -0.0616 e. The fourth-order valence-electron chi connectivity index (χ4n) is 6.07. The Morgan fingerprint density at radius 1 is 0.375 bits per heavy atom. The SMILES string of the molecule is c1ccc2c3c4c(cccc4cc2c1)CC3.c1ccc2c3c4c(cccc4cc2c1)CC3. The van der Waals surface area contributed by atoms with Crippen LogP contribution in [0, 0.1) is 0 Å². The Morgan fingerprint density at radius 3 is 1.31 bits per heavy atom. The molecule has 0 unspecified atom stereocenters. The summed E-state index contributed by atoms with van der Waals surface area (Å²) < 4.78 is 0. The van der Waals surface area contributed by atoms with Crippen molar-refractivity contribution in [1.29, 1.82) is 0 Å². The molecule has 0 saturated heterocycles. The van der Waals surface area contributed by atoms with Crippen LogP contribution in [0.4, 0.5) is 0 Å². The number of aryl methyl sites for hydroxylation is 4. The van der Waals surface area contributed by atoms with Crippen LogP contribution in [0.2, 0.25) is 0 Å². The van der Waals surface area contributed by atoms with Crippen LogP contribution in [0.25, 0.3) is 43.1 Å². The van der Waals surface area contributed by atoms with Crippen LogP contribution in [0.15, 0.2) is 97.1 Å². The molecule has 6 aromatic rings. The normalized spacial score (nSPS) is 13.8. The summed E-state index contributed by atoms with van der Waals surface area (Å²) in [5.74, 6) is 0. The average Bonchev–Trinajstić information content (AvgIpc) is 3.47. The fraction of sp³-hybridized carbons (Fsp3) is 0.125. The molecule has 2 aliphatic rings. The molecule has 32 heavy (non-hydrogen) atoms. The molecule has 0 nitrogen and oxygen atoms in total. The molecule has 0 aromatic heterocycles. The molecule has 0 heterocycles. The first-order chi connectivity index (χ1) is 15.9. The van der Waals surface area contributed by atoms with E-state index in [2.05, 4.69) is 97.1 Å². The van der Waals surface area contributed by atoms with E-state index in [1.807, 2.05) is 0 Å². The van der Waals surface area contributed by atoms with Crippen molar-refractivity contribution < 1.29 is 0 Å². The van der Waals surface area contributed by atoms with E-state index in [1.165, 1.54) is 79.9 Å². The molecule has 152 valence electrons. The van der Waals surface area contributed by atoms with Gasteiger partial charge in [0.15, 0.2) is 0 Å². The lowest BCUT2D eigenvalue weighted by atomic mass is 9.98. The van der Waals surface area contributed by atoms with Gasteiger partial charge in [-0.25, -0.2) is 0 Å². The maximum atomic E-state index is 2.32. The Balaban J connectivity index is 0.000000113. The summed E-state index contributed by atoms with van der Waals surface area (Å²) >= 11 is 0. The van der Waals surface area contributed by atoms with Crippen LogP contribution < -0.4 is 0 Å². The van der Waals surface area contributed by atoms with Crippen LogP contribution >= 0.6 is 0 Å². The lowest BCUT2D eigenvalue weighted by Crippen LogP contribution is -1.83. The lowest BCUT2D eigenvalue weighted by Gasteiger charge is -2.06. The predicted octanol–water partition coefficient (Wildman–Crippen LogP) is 8.18. The van der Waals surface area contributed by atoms with Gasteiger partial charge in [-0.05, 0) is 103 Å². The molecule has 0 heteroatoms. The third-order valence-electron chi connectivity index (χ3n) is 7.45. The average molecular weight is 409 g/mol. The first-order valence-electron chi connectivity index (χ1n) is 11.7. The van der Waals surface area contributed by atoms with Crippen molar-refractivity contribution in [2.45, 2.75) is 25.7 Å². The van der Waals surface area contributed by atoms with Gasteiger partial charge in [0, 0.05) is 0 Å². The Morgan fingerprint density at radius 2 is 0.812 bits per heavy atom. The van der Waals surface area contributed by atoms with Gasteiger partial charge in [0.1, 0.15) is 0 Å². The Hall–Kier alpha value is -3.64. The quantitative estimate of drug-likeness (QED) is 0.222. The van der Waals surface area contributed by atoms with Crippen LogP contribution in [-0.4, -0.2) is 0 Å². The summed E-state index contributed by atoms with van der Waals surface area (Å²) in [6.07, 6.45) is 4.83. The molecule has 0 spiro atoms. The van der Waals surface area contributed by atoms with E-state index < -0.39 is 0 Å². The van der Waals surface area contributed by atoms with E-state index in [0.29, 0.717) is 0 Å². The second-order valence-corrected chi connectivity index (χ2v) is 9.18. The predicted molar refractivity (Wildman–Crippen MR) is 138 cm³/mol. The van der Waals surface area contributed by atoms with Crippen molar-refractivity contribution in [1.82, 2.24) is 0 Å². The second kappa shape index (κ2) is 6.93. The maximum absolute atomic E-state index is 2.32. The van der Waals surface area contributed by atoms with Crippen molar-refractivity contribution in [2.75, 3.05) is 0 Å². The zero-order valence-electron chi connectivity index (χ0n) is 18.1. The molecule has 0 atom stereocenters. The van der Waals surface area contributed by atoms with Gasteiger partial charge in [-0.1, -0.05) is 84.9 Å². The van der Waals surface area contributed by atoms with Gasteiger partial charge in [0.2, 0.25) is 0 Å². The Labute approximate surface area is 188 Å². The van der Waals surface area contributed by atoms with Crippen molar-refractivity contribution in [3.8, 4) is 0 Å². The summed E-state index contributed by atoms with van der Waals surface area (Å²) in [5, 5.41) is 11.5. The molecule has 0 N–H and O–H groups in total. The topological polar surface area (TPSA) is 0 Å². The van der Waals surface area contributed by atoms with Crippen LogP contribution in [0.1, 0.15) is 22.3 Å².